The molecule has 1 aromatic heterocycles. The molecule has 1 heterocycles. The molecule has 2 rings (SSSR count). The number of H-pyrrole nitrogens is 1. The smallest absolute Gasteiger partial charge is 0.266 e. The average molecular weight is 267 g/mol. The van der Waals surface area contributed by atoms with Gasteiger partial charge in [0, 0.05) is 16.2 Å². The Morgan fingerprint density at radius 2 is 2.06 bits per heavy atom. The second kappa shape index (κ2) is 3.67. The van der Waals surface area contributed by atoms with Crippen molar-refractivity contribution in [3.05, 3.63) is 24.0 Å². The second-order valence-electron chi connectivity index (χ2n) is 3.05. The van der Waals surface area contributed by atoms with Crippen molar-refractivity contribution in [2.45, 2.75) is 11.3 Å². The first kappa shape index (κ1) is 11.3. The topological polar surface area (TPSA) is 62.8 Å². The fourth-order valence-corrected chi connectivity index (χ4v) is 2.15. The van der Waals surface area contributed by atoms with Crippen LogP contribution in [0.4, 0.5) is 8.78 Å². The van der Waals surface area contributed by atoms with Gasteiger partial charge >= 0.3 is 0 Å². The molecule has 0 atom stereocenters. The minimum absolute atomic E-state index is 0.0408. The summed E-state index contributed by atoms with van der Waals surface area (Å²) in [7, 11) is 1.06. The Bertz CT molecular complexity index is 639. The number of aromatic amines is 1. The van der Waals surface area contributed by atoms with E-state index in [0.717, 1.165) is 12.1 Å². The van der Waals surface area contributed by atoms with Gasteiger partial charge in [-0.05, 0) is 12.1 Å². The van der Waals surface area contributed by atoms with Gasteiger partial charge in [0.05, 0.1) is 22.3 Å². The van der Waals surface area contributed by atoms with E-state index in [1.54, 1.807) is 0 Å². The normalized spacial score (nSPS) is 12.5. The maximum absolute atomic E-state index is 12.7. The predicted molar refractivity (Wildman–Crippen MR) is 54.1 cm³/mol. The van der Waals surface area contributed by atoms with Gasteiger partial charge in [-0.3, -0.25) is 0 Å². The number of nitrogens with zero attached hydrogens (tertiary/aromatic N) is 1. The molecule has 0 spiro atoms. The van der Waals surface area contributed by atoms with Crippen molar-refractivity contribution >= 4 is 30.8 Å². The fourth-order valence-electron chi connectivity index (χ4n) is 1.36. The molecule has 0 radical (unpaired) electrons. The van der Waals surface area contributed by atoms with E-state index >= 15 is 0 Å². The summed E-state index contributed by atoms with van der Waals surface area (Å²) in [5, 5.41) is 0. The van der Waals surface area contributed by atoms with Crippen molar-refractivity contribution in [3.8, 4) is 0 Å². The maximum atomic E-state index is 12.7. The molecule has 1 aromatic carbocycles. The summed E-state index contributed by atoms with van der Waals surface area (Å²) in [6.07, 6.45) is -1.61. The first-order chi connectivity index (χ1) is 7.39. The summed E-state index contributed by atoms with van der Waals surface area (Å²) >= 11 is 0. The number of alkyl halides is 2. The molecule has 0 saturated heterocycles. The zero-order valence-corrected chi connectivity index (χ0v) is 9.19. The number of rotatable bonds is 2. The Morgan fingerprint density at radius 3 is 2.62 bits per heavy atom. The molecule has 0 amide bonds. The van der Waals surface area contributed by atoms with Crippen LogP contribution in [0.5, 0.6) is 0 Å². The van der Waals surface area contributed by atoms with Crippen LogP contribution in [-0.2, 0) is 9.05 Å². The van der Waals surface area contributed by atoms with E-state index in [-0.39, 0.29) is 15.9 Å². The highest BCUT2D eigenvalue weighted by molar-refractivity contribution is 8.13. The van der Waals surface area contributed by atoms with E-state index in [1.165, 1.54) is 6.33 Å². The standard InChI is InChI=1S/C8H5ClF2N2O2S/c9-16(14,15)4-1-5(8(10)11)7-6(2-4)12-3-13-7/h1-3,8H,(H,12,13). The van der Waals surface area contributed by atoms with E-state index in [9.17, 15) is 17.2 Å². The highest BCUT2D eigenvalue weighted by Crippen LogP contribution is 2.29. The monoisotopic (exact) mass is 266 g/mol. The third kappa shape index (κ3) is 1.88. The SMILES string of the molecule is O=S(=O)(Cl)c1cc(C(F)F)c2nc[nH]c2c1. The molecule has 0 saturated carbocycles. The van der Waals surface area contributed by atoms with Gasteiger partial charge < -0.3 is 4.98 Å². The van der Waals surface area contributed by atoms with Gasteiger partial charge in [0.25, 0.3) is 15.5 Å². The largest absolute Gasteiger partial charge is 0.345 e. The van der Waals surface area contributed by atoms with Gasteiger partial charge in [-0.1, -0.05) is 0 Å². The summed E-state index contributed by atoms with van der Waals surface area (Å²) in [5.41, 5.74) is -0.214. The number of hydrogen-bond donors (Lipinski definition) is 1. The van der Waals surface area contributed by atoms with Crippen molar-refractivity contribution in [2.75, 3.05) is 0 Å². The van der Waals surface area contributed by atoms with Crippen LogP contribution in [-0.4, -0.2) is 18.4 Å². The summed E-state index contributed by atoms with van der Waals surface area (Å²) < 4.78 is 47.4. The molecule has 0 unspecified atom stereocenters. The third-order valence-corrected chi connectivity index (χ3v) is 3.38. The summed E-state index contributed by atoms with van der Waals surface area (Å²) in [6, 6.07) is 1.99. The van der Waals surface area contributed by atoms with Crippen molar-refractivity contribution in [1.29, 1.82) is 0 Å². The Balaban J connectivity index is 2.82. The highest BCUT2D eigenvalue weighted by atomic mass is 35.7. The lowest BCUT2D eigenvalue weighted by Gasteiger charge is -2.03. The summed E-state index contributed by atoms with van der Waals surface area (Å²) in [5.74, 6) is 0. The van der Waals surface area contributed by atoms with Crippen LogP contribution >= 0.6 is 10.7 Å². The quantitative estimate of drug-likeness (QED) is 0.849. The zero-order valence-electron chi connectivity index (χ0n) is 7.62. The Kier molecular flexibility index (Phi) is 2.59. The number of halogens is 3. The molecule has 0 bridgehead atoms. The predicted octanol–water partition coefficient (Wildman–Crippen LogP) is 2.43. The van der Waals surface area contributed by atoms with E-state index in [0.29, 0.717) is 0 Å². The van der Waals surface area contributed by atoms with E-state index in [1.807, 2.05) is 0 Å². The van der Waals surface area contributed by atoms with Crippen molar-refractivity contribution in [2.24, 2.45) is 0 Å². The van der Waals surface area contributed by atoms with E-state index in [2.05, 4.69) is 9.97 Å². The van der Waals surface area contributed by atoms with Crippen LogP contribution in [0.25, 0.3) is 11.0 Å². The lowest BCUT2D eigenvalue weighted by atomic mass is 10.2. The molecule has 0 aliphatic carbocycles. The first-order valence-electron chi connectivity index (χ1n) is 4.09. The van der Waals surface area contributed by atoms with Gasteiger partial charge in [0.1, 0.15) is 0 Å². The molecular weight excluding hydrogens is 262 g/mol. The number of imidazole rings is 1. The van der Waals surface area contributed by atoms with Gasteiger partial charge in [0.15, 0.2) is 0 Å². The second-order valence-corrected chi connectivity index (χ2v) is 5.62. The fraction of sp³-hybridized carbons (Fsp3) is 0.125. The van der Waals surface area contributed by atoms with Crippen molar-refractivity contribution < 1.29 is 17.2 Å². The zero-order chi connectivity index (χ0) is 11.9. The molecular formula is C8H5ClF2N2O2S. The van der Waals surface area contributed by atoms with Crippen molar-refractivity contribution in [3.63, 3.8) is 0 Å². The molecule has 1 N–H and O–H groups in total. The molecule has 0 aliphatic rings. The number of benzene rings is 1. The Labute approximate surface area is 93.7 Å². The number of fused-ring (bicyclic) bond motifs is 1. The summed E-state index contributed by atoms with van der Waals surface area (Å²) in [4.78, 5) is 5.88. The van der Waals surface area contributed by atoms with Gasteiger partial charge in [-0.2, -0.15) is 0 Å². The van der Waals surface area contributed by atoms with Gasteiger partial charge in [-0.15, -0.1) is 0 Å². The van der Waals surface area contributed by atoms with Crippen molar-refractivity contribution in [1.82, 2.24) is 9.97 Å². The van der Waals surface area contributed by atoms with Gasteiger partial charge in [-0.25, -0.2) is 22.2 Å². The lowest BCUT2D eigenvalue weighted by molar-refractivity contribution is 0.152. The minimum atomic E-state index is -4.04. The molecule has 8 heteroatoms. The van der Waals surface area contributed by atoms with Crippen LogP contribution in [0.2, 0.25) is 0 Å². The molecule has 0 fully saturated rings. The third-order valence-electron chi connectivity index (χ3n) is 2.04. The van der Waals surface area contributed by atoms with Crippen LogP contribution in [0.1, 0.15) is 12.0 Å². The Morgan fingerprint density at radius 1 is 1.38 bits per heavy atom. The van der Waals surface area contributed by atoms with Crippen LogP contribution in [0.15, 0.2) is 23.4 Å². The first-order valence-corrected chi connectivity index (χ1v) is 6.40. The molecule has 86 valence electrons. The molecule has 16 heavy (non-hydrogen) atoms. The Hall–Kier alpha value is -1.21. The van der Waals surface area contributed by atoms with E-state index < -0.39 is 21.0 Å². The molecule has 0 aliphatic heterocycles. The highest BCUT2D eigenvalue weighted by Gasteiger charge is 2.19. The summed E-state index contributed by atoms with van der Waals surface area (Å²) in [6.45, 7) is 0. The van der Waals surface area contributed by atoms with Crippen LogP contribution in [0, 0.1) is 0 Å². The van der Waals surface area contributed by atoms with Crippen LogP contribution < -0.4 is 0 Å². The number of nitrogens with one attached hydrogen (secondary N) is 1. The molecule has 4 nitrogen and oxygen atoms in total. The van der Waals surface area contributed by atoms with Crippen LogP contribution in [0.3, 0.4) is 0 Å². The molecule has 2 aromatic rings. The number of aromatic nitrogens is 2. The average Bonchev–Trinajstić information content (AvgIpc) is 2.61. The van der Waals surface area contributed by atoms with Gasteiger partial charge in [0.2, 0.25) is 0 Å². The maximum Gasteiger partial charge on any atom is 0.266 e. The minimum Gasteiger partial charge on any atom is -0.345 e. The number of hydrogen-bond acceptors (Lipinski definition) is 3. The van der Waals surface area contributed by atoms with E-state index in [4.69, 9.17) is 10.7 Å². The lowest BCUT2D eigenvalue weighted by Crippen LogP contribution is -1.95.